The molecule has 1 aromatic heterocycles. The molecule has 0 bridgehead atoms. The van der Waals surface area contributed by atoms with Crippen LogP contribution >= 0.6 is 0 Å². The van der Waals surface area contributed by atoms with Gasteiger partial charge in [-0.2, -0.15) is 0 Å². The van der Waals surface area contributed by atoms with Crippen molar-refractivity contribution in [1.29, 1.82) is 0 Å². The third-order valence-corrected chi connectivity index (χ3v) is 4.12. The fourth-order valence-corrected chi connectivity index (χ4v) is 2.98. The molecule has 4 heteroatoms. The van der Waals surface area contributed by atoms with Gasteiger partial charge < -0.3 is 9.64 Å². The van der Waals surface area contributed by atoms with Crippen molar-refractivity contribution in [3.05, 3.63) is 59.9 Å². The number of nitrogens with zero attached hydrogens (tertiary/aromatic N) is 2. The van der Waals surface area contributed by atoms with Gasteiger partial charge in [0.25, 0.3) is 0 Å². The van der Waals surface area contributed by atoms with Crippen LogP contribution in [0.25, 0.3) is 0 Å². The summed E-state index contributed by atoms with van der Waals surface area (Å²) in [7, 11) is 0. The van der Waals surface area contributed by atoms with Crippen LogP contribution in [0.4, 0.5) is 0 Å². The molecule has 1 amide bonds. The van der Waals surface area contributed by atoms with Crippen molar-refractivity contribution in [2.75, 3.05) is 13.1 Å². The van der Waals surface area contributed by atoms with Crippen molar-refractivity contribution in [3.8, 4) is 5.75 Å². The van der Waals surface area contributed by atoms with Crippen LogP contribution in [0.5, 0.6) is 5.75 Å². The molecule has 1 atom stereocenters. The van der Waals surface area contributed by atoms with Crippen molar-refractivity contribution >= 4 is 5.91 Å². The van der Waals surface area contributed by atoms with Crippen molar-refractivity contribution in [2.24, 2.45) is 0 Å². The van der Waals surface area contributed by atoms with Crippen LogP contribution < -0.4 is 4.74 Å². The van der Waals surface area contributed by atoms with Gasteiger partial charge in [0.15, 0.2) is 0 Å². The summed E-state index contributed by atoms with van der Waals surface area (Å²) in [6.45, 7) is 3.53. The number of carbonyl (C=O) groups is 1. The normalized spacial score (nSPS) is 17.8. The number of hydrogen-bond acceptors (Lipinski definition) is 3. The Morgan fingerprint density at radius 2 is 2.13 bits per heavy atom. The zero-order chi connectivity index (χ0) is 16.1. The molecule has 1 aliphatic heterocycles. The average Bonchev–Trinajstić information content (AvgIpc) is 2.56. The summed E-state index contributed by atoms with van der Waals surface area (Å²) in [5.74, 6) is 0.997. The molecule has 2 heterocycles. The molecule has 0 spiro atoms. The smallest absolute Gasteiger partial charge is 0.227 e. The quantitative estimate of drug-likeness (QED) is 0.872. The molecule has 1 saturated heterocycles. The zero-order valence-electron chi connectivity index (χ0n) is 13.4. The number of hydrogen-bond donors (Lipinski definition) is 0. The van der Waals surface area contributed by atoms with Crippen molar-refractivity contribution in [1.82, 2.24) is 9.88 Å². The van der Waals surface area contributed by atoms with E-state index in [1.54, 1.807) is 12.4 Å². The molecule has 0 aliphatic carbocycles. The molecule has 4 nitrogen and oxygen atoms in total. The lowest BCUT2D eigenvalue weighted by Crippen LogP contribution is -2.45. The number of amides is 1. The molecule has 2 aromatic rings. The maximum atomic E-state index is 12.5. The Hall–Kier alpha value is -2.36. The topological polar surface area (TPSA) is 42.4 Å². The van der Waals surface area contributed by atoms with Crippen LogP contribution in [0.2, 0.25) is 0 Å². The first-order chi connectivity index (χ1) is 11.2. The minimum atomic E-state index is 0.0626. The number of rotatable bonds is 4. The Bertz CT molecular complexity index is 657. The van der Waals surface area contributed by atoms with Gasteiger partial charge in [-0.3, -0.25) is 9.78 Å². The number of aryl methyl sites for hydroxylation is 1. The maximum Gasteiger partial charge on any atom is 0.227 e. The largest absolute Gasteiger partial charge is 0.488 e. The SMILES string of the molecule is Cc1cccc(CC(=O)N2CCCC(Oc3ccncc3)C2)c1. The summed E-state index contributed by atoms with van der Waals surface area (Å²) in [6, 6.07) is 11.9. The minimum absolute atomic E-state index is 0.0626. The molecule has 0 radical (unpaired) electrons. The second-order valence-electron chi connectivity index (χ2n) is 6.07. The van der Waals surface area contributed by atoms with Gasteiger partial charge in [0, 0.05) is 18.9 Å². The minimum Gasteiger partial charge on any atom is -0.488 e. The van der Waals surface area contributed by atoms with Gasteiger partial charge in [0.05, 0.1) is 13.0 Å². The average molecular weight is 310 g/mol. The van der Waals surface area contributed by atoms with Gasteiger partial charge in [-0.1, -0.05) is 29.8 Å². The van der Waals surface area contributed by atoms with Gasteiger partial charge in [0.2, 0.25) is 5.91 Å². The summed E-state index contributed by atoms with van der Waals surface area (Å²) >= 11 is 0. The molecular formula is C19H22N2O2. The molecular weight excluding hydrogens is 288 g/mol. The van der Waals surface area contributed by atoms with Gasteiger partial charge in [0.1, 0.15) is 11.9 Å². The Morgan fingerprint density at radius 3 is 2.91 bits per heavy atom. The number of carbonyl (C=O) groups excluding carboxylic acids is 1. The van der Waals surface area contributed by atoms with Gasteiger partial charge in [-0.25, -0.2) is 0 Å². The summed E-state index contributed by atoms with van der Waals surface area (Å²) in [4.78, 5) is 18.5. The Balaban J connectivity index is 1.58. The number of piperidine rings is 1. The predicted octanol–water partition coefficient (Wildman–Crippen LogP) is 3.00. The monoisotopic (exact) mass is 310 g/mol. The van der Waals surface area contributed by atoms with Crippen LogP contribution in [-0.2, 0) is 11.2 Å². The third-order valence-electron chi connectivity index (χ3n) is 4.12. The van der Waals surface area contributed by atoms with Gasteiger partial charge in [-0.05, 0) is 37.5 Å². The van der Waals surface area contributed by atoms with E-state index in [0.717, 1.165) is 30.7 Å². The van der Waals surface area contributed by atoms with E-state index in [2.05, 4.69) is 11.1 Å². The van der Waals surface area contributed by atoms with E-state index in [9.17, 15) is 4.79 Å². The fraction of sp³-hybridized carbons (Fsp3) is 0.368. The molecule has 23 heavy (non-hydrogen) atoms. The van der Waals surface area contributed by atoms with E-state index in [0.29, 0.717) is 13.0 Å². The molecule has 0 saturated carbocycles. The summed E-state index contributed by atoms with van der Waals surface area (Å²) in [6.07, 6.45) is 5.93. The van der Waals surface area contributed by atoms with Crippen LogP contribution in [0.3, 0.4) is 0 Å². The second kappa shape index (κ2) is 7.27. The fourth-order valence-electron chi connectivity index (χ4n) is 2.98. The lowest BCUT2D eigenvalue weighted by Gasteiger charge is -2.33. The van der Waals surface area contributed by atoms with E-state index >= 15 is 0 Å². The lowest BCUT2D eigenvalue weighted by atomic mass is 10.0. The molecule has 1 aromatic carbocycles. The van der Waals surface area contributed by atoms with Crippen molar-refractivity contribution < 1.29 is 9.53 Å². The van der Waals surface area contributed by atoms with E-state index < -0.39 is 0 Å². The number of aromatic nitrogens is 1. The van der Waals surface area contributed by atoms with Gasteiger partial charge in [-0.15, -0.1) is 0 Å². The highest BCUT2D eigenvalue weighted by Gasteiger charge is 2.24. The van der Waals surface area contributed by atoms with Crippen LogP contribution in [0, 0.1) is 6.92 Å². The number of pyridine rings is 1. The van der Waals surface area contributed by atoms with E-state index in [-0.39, 0.29) is 12.0 Å². The maximum absolute atomic E-state index is 12.5. The first-order valence-corrected chi connectivity index (χ1v) is 8.11. The zero-order valence-corrected chi connectivity index (χ0v) is 13.4. The first kappa shape index (κ1) is 15.5. The lowest BCUT2D eigenvalue weighted by molar-refractivity contribution is -0.133. The number of ether oxygens (including phenoxy) is 1. The van der Waals surface area contributed by atoms with Crippen LogP contribution in [0.1, 0.15) is 24.0 Å². The molecule has 1 unspecified atom stereocenters. The molecule has 1 fully saturated rings. The first-order valence-electron chi connectivity index (χ1n) is 8.11. The van der Waals surface area contributed by atoms with E-state index in [1.165, 1.54) is 5.56 Å². The predicted molar refractivity (Wildman–Crippen MR) is 89.4 cm³/mol. The molecule has 0 N–H and O–H groups in total. The van der Waals surface area contributed by atoms with Gasteiger partial charge >= 0.3 is 0 Å². The Labute approximate surface area is 137 Å². The molecule has 1 aliphatic rings. The highest BCUT2D eigenvalue weighted by molar-refractivity contribution is 5.79. The molecule has 120 valence electrons. The summed E-state index contributed by atoms with van der Waals surface area (Å²) < 4.78 is 5.97. The third kappa shape index (κ3) is 4.31. The summed E-state index contributed by atoms with van der Waals surface area (Å²) in [5, 5.41) is 0. The van der Waals surface area contributed by atoms with E-state index in [1.807, 2.05) is 42.2 Å². The Morgan fingerprint density at radius 1 is 1.30 bits per heavy atom. The standard InChI is InChI=1S/C19H22N2O2/c1-15-4-2-5-16(12-15)13-19(22)21-11-3-6-18(14-21)23-17-7-9-20-10-8-17/h2,4-5,7-10,12,18H,3,6,11,13-14H2,1H3. The number of likely N-dealkylation sites (tertiary alicyclic amines) is 1. The van der Waals surface area contributed by atoms with E-state index in [4.69, 9.17) is 4.74 Å². The summed E-state index contributed by atoms with van der Waals surface area (Å²) in [5.41, 5.74) is 2.26. The van der Waals surface area contributed by atoms with Crippen molar-refractivity contribution in [2.45, 2.75) is 32.3 Å². The highest BCUT2D eigenvalue weighted by atomic mass is 16.5. The Kier molecular flexibility index (Phi) is 4.91. The highest BCUT2D eigenvalue weighted by Crippen LogP contribution is 2.18. The molecule has 3 rings (SSSR count). The second-order valence-corrected chi connectivity index (χ2v) is 6.07. The van der Waals surface area contributed by atoms with Crippen LogP contribution in [-0.4, -0.2) is 35.0 Å². The van der Waals surface area contributed by atoms with Crippen LogP contribution in [0.15, 0.2) is 48.8 Å². The van der Waals surface area contributed by atoms with Crippen molar-refractivity contribution in [3.63, 3.8) is 0 Å². The number of benzene rings is 1.